The normalized spacial score (nSPS) is 16.4. The molecule has 1 aromatic heterocycles. The SMILES string of the molecule is COc1cc2nc(-c3ccc(F)cc3)c(N3CCCC3C)nc2c(C)c1C(=O)O. The molecule has 1 N–H and O–H groups in total. The summed E-state index contributed by atoms with van der Waals surface area (Å²) in [6.45, 7) is 4.70. The van der Waals surface area contributed by atoms with Crippen molar-refractivity contribution in [3.05, 3.63) is 47.3 Å². The Hall–Kier alpha value is -3.22. The standard InChI is InChI=1S/C22H22FN3O3/c1-12-5-4-10-26(12)21-20(14-6-8-15(23)9-7-14)24-16-11-17(29-3)18(22(27)28)13(2)19(16)25-21/h6-9,11-12H,4-5,10H2,1-3H3,(H,27,28). The van der Waals surface area contributed by atoms with Crippen molar-refractivity contribution in [3.8, 4) is 17.0 Å². The molecule has 1 unspecified atom stereocenters. The largest absolute Gasteiger partial charge is 0.496 e. The van der Waals surface area contributed by atoms with Crippen LogP contribution in [0.5, 0.6) is 5.75 Å². The summed E-state index contributed by atoms with van der Waals surface area (Å²) in [6, 6.07) is 8.06. The summed E-state index contributed by atoms with van der Waals surface area (Å²) in [6.07, 6.45) is 2.09. The maximum atomic E-state index is 13.5. The molecule has 0 radical (unpaired) electrons. The number of methoxy groups -OCH3 is 1. The van der Waals surface area contributed by atoms with Crippen molar-refractivity contribution in [1.82, 2.24) is 9.97 Å². The highest BCUT2D eigenvalue weighted by atomic mass is 19.1. The molecule has 0 spiro atoms. The van der Waals surface area contributed by atoms with Gasteiger partial charge in [0.1, 0.15) is 22.8 Å². The Morgan fingerprint density at radius 1 is 1.28 bits per heavy atom. The smallest absolute Gasteiger partial charge is 0.339 e. The number of carboxylic acids is 1. The van der Waals surface area contributed by atoms with Gasteiger partial charge in [-0.3, -0.25) is 0 Å². The molecule has 1 aliphatic rings. The van der Waals surface area contributed by atoms with E-state index in [1.54, 1.807) is 25.1 Å². The van der Waals surface area contributed by atoms with E-state index in [0.29, 0.717) is 34.2 Å². The Bertz CT molecular complexity index is 1100. The molecule has 150 valence electrons. The van der Waals surface area contributed by atoms with Crippen molar-refractivity contribution in [2.75, 3.05) is 18.6 Å². The number of anilines is 1. The molecule has 1 saturated heterocycles. The fourth-order valence-corrected chi connectivity index (χ4v) is 3.99. The third kappa shape index (κ3) is 3.26. The van der Waals surface area contributed by atoms with Crippen molar-refractivity contribution in [2.45, 2.75) is 32.7 Å². The van der Waals surface area contributed by atoms with Gasteiger partial charge in [0.2, 0.25) is 0 Å². The van der Waals surface area contributed by atoms with Crippen molar-refractivity contribution < 1.29 is 19.0 Å². The highest BCUT2D eigenvalue weighted by Gasteiger charge is 2.27. The molecule has 3 aromatic rings. The molecule has 2 heterocycles. The van der Waals surface area contributed by atoms with E-state index in [-0.39, 0.29) is 17.1 Å². The summed E-state index contributed by atoms with van der Waals surface area (Å²) in [5.74, 6) is -0.452. The number of benzene rings is 2. The predicted molar refractivity (Wildman–Crippen MR) is 109 cm³/mol. The molecule has 0 bridgehead atoms. The van der Waals surface area contributed by atoms with Crippen LogP contribution in [-0.2, 0) is 0 Å². The van der Waals surface area contributed by atoms with Gasteiger partial charge in [-0.25, -0.2) is 19.2 Å². The van der Waals surface area contributed by atoms with Gasteiger partial charge in [-0.15, -0.1) is 0 Å². The molecule has 0 saturated carbocycles. The lowest BCUT2D eigenvalue weighted by Crippen LogP contribution is -2.28. The van der Waals surface area contributed by atoms with Gasteiger partial charge >= 0.3 is 5.97 Å². The highest BCUT2D eigenvalue weighted by Crippen LogP contribution is 2.37. The second kappa shape index (κ2) is 7.31. The second-order valence-electron chi connectivity index (χ2n) is 7.34. The molecule has 7 heteroatoms. The molecule has 0 aliphatic carbocycles. The quantitative estimate of drug-likeness (QED) is 0.704. The number of rotatable bonds is 4. The first-order valence-corrected chi connectivity index (χ1v) is 9.56. The summed E-state index contributed by atoms with van der Waals surface area (Å²) in [4.78, 5) is 23.7. The van der Waals surface area contributed by atoms with Crippen molar-refractivity contribution in [3.63, 3.8) is 0 Å². The van der Waals surface area contributed by atoms with Gasteiger partial charge in [-0.2, -0.15) is 0 Å². The molecule has 29 heavy (non-hydrogen) atoms. The number of aromatic nitrogens is 2. The van der Waals surface area contributed by atoms with E-state index >= 15 is 0 Å². The van der Waals surface area contributed by atoms with Gasteiger partial charge in [-0.1, -0.05) is 0 Å². The molecular formula is C22H22FN3O3. The average molecular weight is 395 g/mol. The first-order chi connectivity index (χ1) is 13.9. The van der Waals surface area contributed by atoms with Gasteiger partial charge in [0.15, 0.2) is 5.82 Å². The van der Waals surface area contributed by atoms with Crippen LogP contribution in [0.15, 0.2) is 30.3 Å². The zero-order valence-corrected chi connectivity index (χ0v) is 16.6. The second-order valence-corrected chi connectivity index (χ2v) is 7.34. The van der Waals surface area contributed by atoms with Gasteiger partial charge in [0.05, 0.1) is 18.1 Å². The third-order valence-corrected chi connectivity index (χ3v) is 5.53. The van der Waals surface area contributed by atoms with E-state index < -0.39 is 5.97 Å². The number of fused-ring (bicyclic) bond motifs is 1. The number of carboxylic acid groups (broad SMARTS) is 1. The van der Waals surface area contributed by atoms with E-state index in [0.717, 1.165) is 24.9 Å². The number of hydrogen-bond acceptors (Lipinski definition) is 5. The van der Waals surface area contributed by atoms with E-state index in [9.17, 15) is 14.3 Å². The Labute approximate surface area is 168 Å². The number of carbonyl (C=O) groups is 1. The van der Waals surface area contributed by atoms with E-state index in [1.165, 1.54) is 19.2 Å². The highest BCUT2D eigenvalue weighted by molar-refractivity contribution is 5.99. The van der Waals surface area contributed by atoms with Gasteiger partial charge in [0, 0.05) is 24.2 Å². The van der Waals surface area contributed by atoms with Crippen LogP contribution in [0.1, 0.15) is 35.7 Å². The molecule has 1 atom stereocenters. The Kier molecular flexibility index (Phi) is 4.82. The van der Waals surface area contributed by atoms with Crippen molar-refractivity contribution in [2.24, 2.45) is 0 Å². The fraction of sp³-hybridized carbons (Fsp3) is 0.318. The van der Waals surface area contributed by atoms with Gasteiger partial charge < -0.3 is 14.7 Å². The van der Waals surface area contributed by atoms with Crippen LogP contribution in [0.25, 0.3) is 22.3 Å². The minimum absolute atomic E-state index is 0.0873. The van der Waals surface area contributed by atoms with E-state index in [1.807, 2.05) is 0 Å². The summed E-state index contributed by atoms with van der Waals surface area (Å²) in [5, 5.41) is 9.64. The molecule has 1 aliphatic heterocycles. The van der Waals surface area contributed by atoms with Crippen LogP contribution in [0.4, 0.5) is 10.2 Å². The van der Waals surface area contributed by atoms with Crippen molar-refractivity contribution in [1.29, 1.82) is 0 Å². The van der Waals surface area contributed by atoms with Gasteiger partial charge in [0.25, 0.3) is 0 Å². The van der Waals surface area contributed by atoms with Gasteiger partial charge in [-0.05, 0) is 56.5 Å². The van der Waals surface area contributed by atoms with Crippen LogP contribution in [0.3, 0.4) is 0 Å². The monoisotopic (exact) mass is 395 g/mol. The lowest BCUT2D eigenvalue weighted by atomic mass is 10.0. The van der Waals surface area contributed by atoms with Crippen LogP contribution < -0.4 is 9.64 Å². The van der Waals surface area contributed by atoms with Crippen LogP contribution in [0.2, 0.25) is 0 Å². The maximum Gasteiger partial charge on any atom is 0.339 e. The minimum Gasteiger partial charge on any atom is -0.496 e. The zero-order chi connectivity index (χ0) is 20.7. The molecule has 6 nitrogen and oxygen atoms in total. The minimum atomic E-state index is -1.07. The topological polar surface area (TPSA) is 75.5 Å². The molecule has 4 rings (SSSR count). The fourth-order valence-electron chi connectivity index (χ4n) is 3.99. The average Bonchev–Trinajstić information content (AvgIpc) is 3.13. The summed E-state index contributed by atoms with van der Waals surface area (Å²) >= 11 is 0. The van der Waals surface area contributed by atoms with E-state index in [2.05, 4.69) is 11.8 Å². The van der Waals surface area contributed by atoms with Crippen LogP contribution in [-0.4, -0.2) is 40.7 Å². The van der Waals surface area contributed by atoms with Crippen LogP contribution >= 0.6 is 0 Å². The Morgan fingerprint density at radius 2 is 2.00 bits per heavy atom. The number of aryl methyl sites for hydroxylation is 1. The summed E-state index contributed by atoms with van der Waals surface area (Å²) in [7, 11) is 1.43. The predicted octanol–water partition coefficient (Wildman–Crippen LogP) is 4.44. The Morgan fingerprint density at radius 3 is 2.59 bits per heavy atom. The summed E-state index contributed by atoms with van der Waals surface area (Å²) < 4.78 is 18.8. The van der Waals surface area contributed by atoms with E-state index in [4.69, 9.17) is 14.7 Å². The zero-order valence-electron chi connectivity index (χ0n) is 16.6. The summed E-state index contributed by atoms with van der Waals surface area (Å²) in [5.41, 5.74) is 3.08. The van der Waals surface area contributed by atoms with Crippen LogP contribution in [0, 0.1) is 12.7 Å². The first-order valence-electron chi connectivity index (χ1n) is 9.56. The Balaban J connectivity index is 2.03. The number of ether oxygens (including phenoxy) is 1. The molecular weight excluding hydrogens is 373 g/mol. The first kappa shape index (κ1) is 19.1. The molecule has 1 fully saturated rings. The lowest BCUT2D eigenvalue weighted by Gasteiger charge is -2.25. The third-order valence-electron chi connectivity index (χ3n) is 5.53. The molecule has 0 amide bonds. The number of halogens is 1. The maximum absolute atomic E-state index is 13.5. The number of aromatic carboxylic acids is 1. The number of nitrogens with zero attached hydrogens (tertiary/aromatic N) is 3. The van der Waals surface area contributed by atoms with Crippen molar-refractivity contribution >= 4 is 22.8 Å². The molecule has 2 aromatic carbocycles. The number of hydrogen-bond donors (Lipinski definition) is 1. The lowest BCUT2D eigenvalue weighted by molar-refractivity contribution is 0.0692.